The van der Waals surface area contributed by atoms with Crippen LogP contribution in [0.2, 0.25) is 0 Å². The minimum atomic E-state index is -0.329. The number of ether oxygens (including phenoxy) is 1. The van der Waals surface area contributed by atoms with Gasteiger partial charge in [0.25, 0.3) is 0 Å². The second-order valence-electron chi connectivity index (χ2n) is 11.7. The molecule has 2 aliphatic carbocycles. The van der Waals surface area contributed by atoms with Crippen LogP contribution in [-0.2, 0) is 9.53 Å². The van der Waals surface area contributed by atoms with E-state index in [1.807, 2.05) is 0 Å². The summed E-state index contributed by atoms with van der Waals surface area (Å²) in [5, 5.41) is 10.7. The molecular formula is C31H52O3. The molecule has 1 saturated heterocycles. The lowest BCUT2D eigenvalue weighted by Crippen LogP contribution is -2.52. The molecule has 1 N–H and O–H groups in total. The number of carbonyl (C=O) groups is 1. The minimum absolute atomic E-state index is 0.0833. The number of allylic oxidation sites excluding steroid dienone is 1. The lowest BCUT2D eigenvalue weighted by Gasteiger charge is -2.51. The number of hydrogen-bond acceptors (Lipinski definition) is 3. The van der Waals surface area contributed by atoms with E-state index in [1.165, 1.54) is 95.5 Å². The van der Waals surface area contributed by atoms with Gasteiger partial charge in [-0.05, 0) is 39.0 Å². The molecule has 3 heteroatoms. The van der Waals surface area contributed by atoms with Gasteiger partial charge < -0.3 is 9.84 Å². The van der Waals surface area contributed by atoms with E-state index in [-0.39, 0.29) is 35.4 Å². The zero-order valence-electron chi connectivity index (χ0n) is 22.5. The fourth-order valence-electron chi connectivity index (χ4n) is 6.90. The van der Waals surface area contributed by atoms with E-state index in [4.69, 9.17) is 4.74 Å². The van der Waals surface area contributed by atoms with Crippen molar-refractivity contribution < 1.29 is 14.6 Å². The molecule has 0 spiro atoms. The molecule has 2 fully saturated rings. The molecule has 34 heavy (non-hydrogen) atoms. The summed E-state index contributed by atoms with van der Waals surface area (Å²) < 4.78 is 5.95. The van der Waals surface area contributed by atoms with Crippen LogP contribution in [0.5, 0.6) is 0 Å². The molecule has 1 heterocycles. The third-order valence-corrected chi connectivity index (χ3v) is 9.14. The SMILES string of the molecule is CCCCCCCCCCCCCCCC/C=C1\C(=O)O[C@@H]2[C@@H]1CC[C@]1(C)[C@@H](O)CC=C(C)[C@@H]21. The van der Waals surface area contributed by atoms with Gasteiger partial charge in [-0.1, -0.05) is 115 Å². The van der Waals surface area contributed by atoms with Crippen LogP contribution in [0.15, 0.2) is 23.3 Å². The first kappa shape index (κ1) is 27.5. The summed E-state index contributed by atoms with van der Waals surface area (Å²) in [4.78, 5) is 12.7. The van der Waals surface area contributed by atoms with Gasteiger partial charge in [-0.3, -0.25) is 0 Å². The number of hydrogen-bond donors (Lipinski definition) is 1. The van der Waals surface area contributed by atoms with E-state index >= 15 is 0 Å². The molecule has 3 aliphatic rings. The first-order valence-corrected chi connectivity index (χ1v) is 14.7. The largest absolute Gasteiger partial charge is 0.458 e. The predicted octanol–water partition coefficient (Wildman–Crippen LogP) is 8.45. The quantitative estimate of drug-likeness (QED) is 0.112. The molecule has 0 bridgehead atoms. The monoisotopic (exact) mass is 472 g/mol. The van der Waals surface area contributed by atoms with Gasteiger partial charge in [0.2, 0.25) is 0 Å². The molecule has 3 nitrogen and oxygen atoms in total. The molecule has 0 aromatic carbocycles. The topological polar surface area (TPSA) is 46.5 Å². The summed E-state index contributed by atoms with van der Waals surface area (Å²) in [5.74, 6) is 0.272. The highest BCUT2D eigenvalue weighted by Crippen LogP contribution is 2.56. The molecule has 0 amide bonds. The Morgan fingerprint density at radius 2 is 1.53 bits per heavy atom. The van der Waals surface area contributed by atoms with Gasteiger partial charge in [0.1, 0.15) is 6.10 Å². The fraction of sp³-hybridized carbons (Fsp3) is 0.839. The van der Waals surface area contributed by atoms with Crippen molar-refractivity contribution in [1.82, 2.24) is 0 Å². The van der Waals surface area contributed by atoms with Crippen molar-refractivity contribution in [2.24, 2.45) is 17.3 Å². The fourth-order valence-corrected chi connectivity index (χ4v) is 6.90. The number of carbonyl (C=O) groups excluding carboxylic acids is 1. The Bertz CT molecular complexity index is 693. The van der Waals surface area contributed by atoms with Gasteiger partial charge in [0, 0.05) is 22.8 Å². The normalized spacial score (nSPS) is 31.8. The van der Waals surface area contributed by atoms with Gasteiger partial charge in [-0.15, -0.1) is 0 Å². The number of unbranched alkanes of at least 4 members (excludes halogenated alkanes) is 14. The van der Waals surface area contributed by atoms with Gasteiger partial charge in [-0.25, -0.2) is 4.79 Å². The summed E-state index contributed by atoms with van der Waals surface area (Å²) in [7, 11) is 0. The molecule has 3 rings (SSSR count). The minimum Gasteiger partial charge on any atom is -0.458 e. The zero-order chi connectivity index (χ0) is 24.4. The van der Waals surface area contributed by atoms with Crippen LogP contribution in [0.4, 0.5) is 0 Å². The van der Waals surface area contributed by atoms with Crippen LogP contribution in [0, 0.1) is 17.3 Å². The molecule has 0 aromatic heterocycles. The third kappa shape index (κ3) is 6.99. The lowest BCUT2D eigenvalue weighted by atomic mass is 9.55. The number of fused-ring (bicyclic) bond motifs is 3. The Balaban J connectivity index is 1.29. The molecule has 194 valence electrons. The van der Waals surface area contributed by atoms with E-state index in [2.05, 4.69) is 32.9 Å². The summed E-state index contributed by atoms with van der Waals surface area (Å²) in [6.07, 6.45) is 26.8. The first-order chi connectivity index (χ1) is 16.5. The maximum Gasteiger partial charge on any atom is 0.334 e. The third-order valence-electron chi connectivity index (χ3n) is 9.14. The Labute approximate surface area is 209 Å². The molecular weight excluding hydrogens is 420 g/mol. The highest BCUT2D eigenvalue weighted by Gasteiger charge is 2.57. The van der Waals surface area contributed by atoms with Crippen LogP contribution < -0.4 is 0 Å². The van der Waals surface area contributed by atoms with Crippen LogP contribution >= 0.6 is 0 Å². The van der Waals surface area contributed by atoms with E-state index in [1.54, 1.807) is 0 Å². The van der Waals surface area contributed by atoms with Crippen LogP contribution in [0.3, 0.4) is 0 Å². The average molecular weight is 473 g/mol. The van der Waals surface area contributed by atoms with Crippen molar-refractivity contribution in [3.05, 3.63) is 23.3 Å². The van der Waals surface area contributed by atoms with Crippen molar-refractivity contribution >= 4 is 5.97 Å². The van der Waals surface area contributed by atoms with E-state index in [9.17, 15) is 9.90 Å². The number of aliphatic hydroxyl groups is 1. The van der Waals surface area contributed by atoms with Gasteiger partial charge in [-0.2, -0.15) is 0 Å². The summed E-state index contributed by atoms with van der Waals surface area (Å²) in [6, 6.07) is 0. The van der Waals surface area contributed by atoms with Crippen molar-refractivity contribution in [2.45, 2.75) is 149 Å². The van der Waals surface area contributed by atoms with E-state index in [0.29, 0.717) is 0 Å². The summed E-state index contributed by atoms with van der Waals surface area (Å²) >= 11 is 0. The molecule has 1 aliphatic heterocycles. The second kappa shape index (κ2) is 13.9. The Hall–Kier alpha value is -1.09. The molecule has 1 saturated carbocycles. The zero-order valence-corrected chi connectivity index (χ0v) is 22.5. The van der Waals surface area contributed by atoms with Crippen LogP contribution in [0.1, 0.15) is 136 Å². The van der Waals surface area contributed by atoms with Gasteiger partial charge in [0.05, 0.1) is 6.10 Å². The number of aliphatic hydroxyl groups excluding tert-OH is 1. The van der Waals surface area contributed by atoms with Crippen molar-refractivity contribution in [3.63, 3.8) is 0 Å². The lowest BCUT2D eigenvalue weighted by molar-refractivity contribution is -0.149. The maximum atomic E-state index is 12.7. The molecule has 0 aromatic rings. The summed E-state index contributed by atoms with van der Waals surface area (Å²) in [6.45, 7) is 6.63. The Morgan fingerprint density at radius 1 is 0.971 bits per heavy atom. The van der Waals surface area contributed by atoms with E-state index < -0.39 is 0 Å². The molecule has 0 radical (unpaired) electrons. The van der Waals surface area contributed by atoms with Gasteiger partial charge in [0.15, 0.2) is 0 Å². The van der Waals surface area contributed by atoms with Gasteiger partial charge >= 0.3 is 5.97 Å². The first-order valence-electron chi connectivity index (χ1n) is 14.7. The Kier molecular flexibility index (Phi) is 11.2. The molecule has 5 atom stereocenters. The smallest absolute Gasteiger partial charge is 0.334 e. The maximum absolute atomic E-state index is 12.7. The van der Waals surface area contributed by atoms with E-state index in [0.717, 1.165) is 31.3 Å². The second-order valence-corrected chi connectivity index (χ2v) is 11.7. The number of esters is 1. The van der Waals surface area contributed by atoms with Crippen molar-refractivity contribution in [2.75, 3.05) is 0 Å². The van der Waals surface area contributed by atoms with Crippen LogP contribution in [0.25, 0.3) is 0 Å². The predicted molar refractivity (Wildman–Crippen MR) is 142 cm³/mol. The Morgan fingerprint density at radius 3 is 2.12 bits per heavy atom. The van der Waals surface area contributed by atoms with Crippen molar-refractivity contribution in [3.8, 4) is 0 Å². The average Bonchev–Trinajstić information content (AvgIpc) is 3.13. The number of rotatable bonds is 15. The van der Waals surface area contributed by atoms with Crippen LogP contribution in [-0.4, -0.2) is 23.3 Å². The molecule has 0 unspecified atom stereocenters. The van der Waals surface area contributed by atoms with Crippen molar-refractivity contribution in [1.29, 1.82) is 0 Å². The summed E-state index contributed by atoms with van der Waals surface area (Å²) in [5.41, 5.74) is 2.06. The highest BCUT2D eigenvalue weighted by atomic mass is 16.6. The highest BCUT2D eigenvalue weighted by molar-refractivity contribution is 5.91. The standard InChI is InChI=1S/C31H52O3/c1-4-5-6-7-8-9-10-11-12-13-14-15-16-17-18-19-26-25-22-23-31(3)27(32)21-20-24(2)28(31)29(25)34-30(26)33/h19-20,25,27-29,32H,4-18,21-23H2,1-3H3/b26-19-/t25-,27+,28+,29-,31-/m1/s1.